The van der Waals surface area contributed by atoms with Gasteiger partial charge in [-0.2, -0.15) is 5.11 Å². The summed E-state index contributed by atoms with van der Waals surface area (Å²) < 4.78 is 0. The molecule has 174 valence electrons. The van der Waals surface area contributed by atoms with E-state index in [1.165, 1.54) is 29.7 Å². The van der Waals surface area contributed by atoms with Crippen LogP contribution in [0.3, 0.4) is 0 Å². The third-order valence-corrected chi connectivity index (χ3v) is 6.67. The molecule has 1 aromatic heterocycles. The first-order valence-electron chi connectivity index (χ1n) is 11.6. The Hall–Kier alpha value is -3.08. The molecule has 2 aliphatic rings. The van der Waals surface area contributed by atoms with Crippen LogP contribution in [0, 0.1) is 5.92 Å². The average molecular weight is 437 g/mol. The molecule has 1 heterocycles. The molecule has 2 atom stereocenters. The van der Waals surface area contributed by atoms with E-state index in [2.05, 4.69) is 52.7 Å². The van der Waals surface area contributed by atoms with Crippen LogP contribution < -0.4 is 5.43 Å². The van der Waals surface area contributed by atoms with Crippen molar-refractivity contribution in [2.24, 2.45) is 16.3 Å². The van der Waals surface area contributed by atoms with E-state index in [1.54, 1.807) is 7.05 Å². The second-order valence-corrected chi connectivity index (χ2v) is 8.94. The van der Waals surface area contributed by atoms with Gasteiger partial charge in [0.2, 0.25) is 0 Å². The molecule has 1 N–H and O–H groups in total. The van der Waals surface area contributed by atoms with E-state index in [9.17, 15) is 4.79 Å². The lowest BCUT2D eigenvalue weighted by molar-refractivity contribution is -0.120. The minimum absolute atomic E-state index is 0. The van der Waals surface area contributed by atoms with E-state index in [0.29, 0.717) is 36.2 Å². The van der Waals surface area contributed by atoms with Gasteiger partial charge in [-0.3, -0.25) is 15.2 Å². The minimum Gasteiger partial charge on any atom is -0.300 e. The first-order chi connectivity index (χ1) is 15.6. The second-order valence-electron chi connectivity index (χ2n) is 8.94. The normalized spacial score (nSPS) is 19.8. The summed E-state index contributed by atoms with van der Waals surface area (Å²) in [6.45, 7) is 3.99. The molecule has 0 aliphatic heterocycles. The van der Waals surface area contributed by atoms with Gasteiger partial charge in [-0.1, -0.05) is 48.6 Å². The van der Waals surface area contributed by atoms with Gasteiger partial charge in [0.25, 0.3) is 0 Å². The van der Waals surface area contributed by atoms with Crippen molar-refractivity contribution in [3.05, 3.63) is 77.1 Å². The number of fused-ring (bicyclic) bond motifs is 1. The van der Waals surface area contributed by atoms with Crippen molar-refractivity contribution in [3.8, 4) is 0 Å². The molecular formula is C27H40N4O. The van der Waals surface area contributed by atoms with E-state index >= 15 is 0 Å². The SMILES string of the molecule is C=C(NN=NC)c1cccc(CCC(=O)C[C@@H]2CCCC(c3nccc4c3C=CC4)C2)c1.[HH].[HH].[HH].[HH]. The highest BCUT2D eigenvalue weighted by molar-refractivity contribution is 5.79. The number of nitrogens with one attached hydrogen (secondary N) is 1. The monoisotopic (exact) mass is 436 g/mol. The van der Waals surface area contributed by atoms with Gasteiger partial charge in [0, 0.05) is 30.7 Å². The lowest BCUT2D eigenvalue weighted by Crippen LogP contribution is -2.19. The predicted molar refractivity (Wildman–Crippen MR) is 137 cm³/mol. The Kier molecular flexibility index (Phi) is 7.25. The number of rotatable bonds is 9. The van der Waals surface area contributed by atoms with Crippen molar-refractivity contribution in [2.75, 3.05) is 7.05 Å². The van der Waals surface area contributed by atoms with Crippen molar-refractivity contribution in [1.82, 2.24) is 10.4 Å². The molecule has 5 nitrogen and oxygen atoms in total. The molecule has 4 rings (SSSR count). The highest BCUT2D eigenvalue weighted by Crippen LogP contribution is 2.40. The van der Waals surface area contributed by atoms with Crippen molar-refractivity contribution in [3.63, 3.8) is 0 Å². The molecule has 0 amide bonds. The maximum atomic E-state index is 12.8. The second kappa shape index (κ2) is 10.5. The standard InChI is InChI=1S/C27H32N4O.4H2/c1-19(30-31-28-2)23-9-3-6-20(16-23)12-13-25(32)18-21-7-4-10-24(17-21)27-26-11-5-8-22(26)14-15-29-27;;;;/h3,5-6,9,11,14-16,21,24H,1,4,7-8,10,12-13,17-18H2,2H3,(H,28,30);4*1H/t21-,24?;;;;/m1..../s1. The van der Waals surface area contributed by atoms with E-state index in [1.807, 2.05) is 18.3 Å². The molecule has 0 bridgehead atoms. The van der Waals surface area contributed by atoms with Gasteiger partial charge in [0.15, 0.2) is 0 Å². The van der Waals surface area contributed by atoms with Crippen LogP contribution in [0.25, 0.3) is 11.8 Å². The maximum Gasteiger partial charge on any atom is 0.133 e. The lowest BCUT2D eigenvalue weighted by Gasteiger charge is -2.29. The fourth-order valence-electron chi connectivity index (χ4n) is 5.05. The van der Waals surface area contributed by atoms with Gasteiger partial charge in [-0.05, 0) is 72.4 Å². The number of carbonyl (C=O) groups is 1. The van der Waals surface area contributed by atoms with Crippen LogP contribution in [0.2, 0.25) is 0 Å². The first-order valence-corrected chi connectivity index (χ1v) is 11.6. The molecular weight excluding hydrogens is 396 g/mol. The van der Waals surface area contributed by atoms with Crippen LogP contribution >= 0.6 is 0 Å². The van der Waals surface area contributed by atoms with Crippen LogP contribution in [0.15, 0.2) is 59.5 Å². The molecule has 2 aromatic rings. The Morgan fingerprint density at radius 1 is 1.31 bits per heavy atom. The summed E-state index contributed by atoms with van der Waals surface area (Å²) in [5, 5.41) is 7.46. The molecule has 0 radical (unpaired) electrons. The Labute approximate surface area is 196 Å². The topological polar surface area (TPSA) is 66.7 Å². The molecule has 1 unspecified atom stereocenters. The number of aromatic nitrogens is 1. The summed E-state index contributed by atoms with van der Waals surface area (Å²) in [5.74, 6) is 1.32. The van der Waals surface area contributed by atoms with Crippen molar-refractivity contribution < 1.29 is 10.5 Å². The van der Waals surface area contributed by atoms with Gasteiger partial charge in [0.1, 0.15) is 5.78 Å². The molecule has 5 heteroatoms. The van der Waals surface area contributed by atoms with Crippen LogP contribution in [0.1, 0.15) is 78.1 Å². The molecule has 1 aromatic carbocycles. The van der Waals surface area contributed by atoms with Crippen molar-refractivity contribution in [1.29, 1.82) is 0 Å². The minimum atomic E-state index is 0. The fourth-order valence-corrected chi connectivity index (χ4v) is 5.05. The van der Waals surface area contributed by atoms with Crippen LogP contribution in [-0.2, 0) is 17.6 Å². The van der Waals surface area contributed by atoms with Gasteiger partial charge >= 0.3 is 0 Å². The van der Waals surface area contributed by atoms with Crippen molar-refractivity contribution in [2.45, 2.75) is 57.3 Å². The van der Waals surface area contributed by atoms with E-state index in [4.69, 9.17) is 4.98 Å². The first kappa shape index (κ1) is 22.1. The number of aryl methyl sites for hydroxylation is 1. The summed E-state index contributed by atoms with van der Waals surface area (Å²) in [7, 11) is 1.61. The molecule has 2 aliphatic carbocycles. The third-order valence-electron chi connectivity index (χ3n) is 6.67. The lowest BCUT2D eigenvalue weighted by atomic mass is 9.76. The predicted octanol–water partition coefficient (Wildman–Crippen LogP) is 7.06. The number of benzene rings is 1. The zero-order chi connectivity index (χ0) is 22.3. The molecule has 0 saturated heterocycles. The van der Waals surface area contributed by atoms with Crippen molar-refractivity contribution >= 4 is 17.6 Å². The molecule has 32 heavy (non-hydrogen) atoms. The highest BCUT2D eigenvalue weighted by Gasteiger charge is 2.28. The highest BCUT2D eigenvalue weighted by atomic mass is 16.1. The number of hydrogen-bond acceptors (Lipinski definition) is 4. The van der Waals surface area contributed by atoms with Gasteiger partial charge in [-0.25, -0.2) is 0 Å². The van der Waals surface area contributed by atoms with Gasteiger partial charge < -0.3 is 0 Å². The van der Waals surface area contributed by atoms with Crippen LogP contribution in [-0.4, -0.2) is 17.8 Å². The zero-order valence-corrected chi connectivity index (χ0v) is 18.9. The number of carbonyl (C=O) groups excluding carboxylic acids is 1. The van der Waals surface area contributed by atoms with Crippen LogP contribution in [0.4, 0.5) is 0 Å². The number of allylic oxidation sites excluding steroid dienone is 1. The van der Waals surface area contributed by atoms with Gasteiger partial charge in [0.05, 0.1) is 18.4 Å². The summed E-state index contributed by atoms with van der Waals surface area (Å²) in [6, 6.07) is 10.3. The summed E-state index contributed by atoms with van der Waals surface area (Å²) in [6.07, 6.45) is 14.1. The Balaban J connectivity index is 0.00000306. The fraction of sp³-hybridized carbons (Fsp3) is 0.407. The number of ketones is 1. The number of Topliss-reactive ketones (excluding diaryl/α,β-unsaturated/α-hetero) is 1. The Morgan fingerprint density at radius 2 is 2.22 bits per heavy atom. The maximum absolute atomic E-state index is 12.8. The summed E-state index contributed by atoms with van der Waals surface area (Å²) >= 11 is 0. The molecule has 1 saturated carbocycles. The van der Waals surface area contributed by atoms with E-state index in [-0.39, 0.29) is 5.71 Å². The Bertz CT molecular complexity index is 1060. The third kappa shape index (κ3) is 5.39. The quantitative estimate of drug-likeness (QED) is 0.338. The summed E-state index contributed by atoms with van der Waals surface area (Å²) in [4.78, 5) is 17.5. The number of hydrogen-bond donors (Lipinski definition) is 1. The van der Waals surface area contributed by atoms with E-state index < -0.39 is 0 Å². The van der Waals surface area contributed by atoms with E-state index in [0.717, 1.165) is 36.8 Å². The largest absolute Gasteiger partial charge is 0.300 e. The summed E-state index contributed by atoms with van der Waals surface area (Å²) in [5.41, 5.74) is 9.61. The number of pyridine rings is 1. The molecule has 0 spiro atoms. The smallest absolute Gasteiger partial charge is 0.133 e. The molecule has 1 fully saturated rings. The van der Waals surface area contributed by atoms with Crippen LogP contribution in [0.5, 0.6) is 0 Å². The Morgan fingerprint density at radius 3 is 3.09 bits per heavy atom. The average Bonchev–Trinajstić information content (AvgIpc) is 3.31. The zero-order valence-electron chi connectivity index (χ0n) is 18.9. The number of nitrogens with zero attached hydrogens (tertiary/aromatic N) is 3. The van der Waals surface area contributed by atoms with Gasteiger partial charge in [-0.15, -0.1) is 0 Å².